The van der Waals surface area contributed by atoms with Gasteiger partial charge in [-0.2, -0.15) is 13.4 Å². The third-order valence-electron chi connectivity index (χ3n) is 4.05. The highest BCUT2D eigenvalue weighted by Gasteiger charge is 2.24. The molecular weight excluding hydrogens is 378 g/mol. The highest BCUT2D eigenvalue weighted by Crippen LogP contribution is 2.22. The molecule has 4 rings (SSSR count). The lowest BCUT2D eigenvalue weighted by Crippen LogP contribution is -2.18. The summed E-state index contributed by atoms with van der Waals surface area (Å²) in [7, 11) is -3.94. The summed E-state index contributed by atoms with van der Waals surface area (Å²) in [5, 5.41) is 7.22. The maximum Gasteiger partial charge on any atom is 0.286 e. The number of rotatable bonds is 6. The first-order valence-corrected chi connectivity index (χ1v) is 9.94. The van der Waals surface area contributed by atoms with Crippen molar-refractivity contribution in [1.82, 2.24) is 19.2 Å². The number of hydrogen-bond acceptors (Lipinski definition) is 7. The molecule has 0 atom stereocenters. The number of pyridine rings is 1. The molecule has 3 aromatic heterocycles. The summed E-state index contributed by atoms with van der Waals surface area (Å²) in [6, 6.07) is 13.6. The van der Waals surface area contributed by atoms with Crippen molar-refractivity contribution >= 4 is 16.0 Å². The van der Waals surface area contributed by atoms with Gasteiger partial charge in [0.1, 0.15) is 5.76 Å². The molecule has 1 N–H and O–H groups in total. The second kappa shape index (κ2) is 7.28. The Bertz CT molecular complexity index is 1170. The maximum absolute atomic E-state index is 13.2. The molecule has 0 aliphatic heterocycles. The van der Waals surface area contributed by atoms with Crippen LogP contribution in [0.2, 0.25) is 0 Å². The molecule has 0 spiro atoms. The summed E-state index contributed by atoms with van der Waals surface area (Å²) < 4.78 is 32.5. The maximum atomic E-state index is 13.2. The molecule has 0 radical (unpaired) electrons. The number of aromatic nitrogens is 4. The number of nitrogens with one attached hydrogen (secondary N) is 1. The highest BCUT2D eigenvalue weighted by molar-refractivity contribution is 7.90. The SMILES string of the molecule is Cc1ccc(S(=O)(=O)n2nc(-c3cccnc3)nc2NCc2ccco2)cc1. The molecular formula is C19H17N5O3S. The summed E-state index contributed by atoms with van der Waals surface area (Å²) in [6.45, 7) is 2.16. The van der Waals surface area contributed by atoms with Crippen molar-refractivity contribution in [2.75, 3.05) is 5.32 Å². The Hall–Kier alpha value is -3.46. The molecule has 0 fully saturated rings. The lowest BCUT2D eigenvalue weighted by Gasteiger charge is -2.08. The standard InChI is InChI=1S/C19H17N5O3S/c1-14-6-8-17(9-7-14)28(25,26)24-19(21-13-16-5-3-11-27-16)22-18(23-24)15-4-2-10-20-12-15/h2-12H,13H2,1H3,(H,21,22,23). The first kappa shape index (κ1) is 17.9. The molecule has 0 amide bonds. The summed E-state index contributed by atoms with van der Waals surface area (Å²) in [6.07, 6.45) is 4.75. The molecule has 1 aromatic carbocycles. The van der Waals surface area contributed by atoms with E-state index in [2.05, 4.69) is 20.4 Å². The first-order valence-electron chi connectivity index (χ1n) is 8.50. The van der Waals surface area contributed by atoms with Crippen molar-refractivity contribution < 1.29 is 12.8 Å². The van der Waals surface area contributed by atoms with Gasteiger partial charge in [0.05, 0.1) is 17.7 Å². The van der Waals surface area contributed by atoms with Crippen LogP contribution < -0.4 is 5.32 Å². The van der Waals surface area contributed by atoms with Crippen molar-refractivity contribution in [3.8, 4) is 11.4 Å². The van der Waals surface area contributed by atoms with E-state index in [0.29, 0.717) is 11.3 Å². The van der Waals surface area contributed by atoms with Gasteiger partial charge in [0.2, 0.25) is 5.95 Å². The zero-order chi connectivity index (χ0) is 19.6. The van der Waals surface area contributed by atoms with Gasteiger partial charge in [-0.3, -0.25) is 4.98 Å². The fourth-order valence-electron chi connectivity index (χ4n) is 2.58. The van der Waals surface area contributed by atoms with E-state index in [-0.39, 0.29) is 23.2 Å². The molecule has 0 saturated heterocycles. The van der Waals surface area contributed by atoms with E-state index in [1.54, 1.807) is 67.2 Å². The number of nitrogens with zero attached hydrogens (tertiary/aromatic N) is 4. The molecule has 0 unspecified atom stereocenters. The van der Waals surface area contributed by atoms with Gasteiger partial charge in [-0.05, 0) is 43.3 Å². The molecule has 0 bridgehead atoms. The van der Waals surface area contributed by atoms with Crippen molar-refractivity contribution in [3.63, 3.8) is 0 Å². The summed E-state index contributed by atoms with van der Waals surface area (Å²) in [5.74, 6) is 0.992. The average molecular weight is 395 g/mol. The van der Waals surface area contributed by atoms with Gasteiger partial charge < -0.3 is 9.73 Å². The summed E-state index contributed by atoms with van der Waals surface area (Å²) in [4.78, 5) is 8.54. The van der Waals surface area contributed by atoms with Crippen LogP contribution in [0.5, 0.6) is 0 Å². The van der Waals surface area contributed by atoms with E-state index in [1.165, 1.54) is 0 Å². The molecule has 9 heteroatoms. The second-order valence-corrected chi connectivity index (χ2v) is 7.86. The number of hydrogen-bond donors (Lipinski definition) is 1. The fraction of sp³-hybridized carbons (Fsp3) is 0.105. The topological polar surface area (TPSA) is 103 Å². The fourth-order valence-corrected chi connectivity index (χ4v) is 3.78. The van der Waals surface area contributed by atoms with Crippen LogP contribution in [0.15, 0.2) is 76.5 Å². The first-order chi connectivity index (χ1) is 13.5. The van der Waals surface area contributed by atoms with Gasteiger partial charge >= 0.3 is 0 Å². The Labute approximate surface area is 161 Å². The molecule has 8 nitrogen and oxygen atoms in total. The number of benzene rings is 1. The van der Waals surface area contributed by atoms with E-state index in [0.717, 1.165) is 9.65 Å². The monoisotopic (exact) mass is 395 g/mol. The Morgan fingerprint density at radius 2 is 1.93 bits per heavy atom. The van der Waals surface area contributed by atoms with E-state index in [9.17, 15) is 8.42 Å². The number of aryl methyl sites for hydroxylation is 1. The van der Waals surface area contributed by atoms with Crippen LogP contribution in [-0.4, -0.2) is 27.6 Å². The van der Waals surface area contributed by atoms with Crippen LogP contribution in [0.3, 0.4) is 0 Å². The molecule has 4 aromatic rings. The van der Waals surface area contributed by atoms with Gasteiger partial charge in [-0.25, -0.2) is 0 Å². The van der Waals surface area contributed by atoms with Crippen LogP contribution in [0.4, 0.5) is 5.95 Å². The molecule has 3 heterocycles. The van der Waals surface area contributed by atoms with Crippen molar-refractivity contribution in [1.29, 1.82) is 0 Å². The molecule has 0 aliphatic rings. The zero-order valence-corrected chi connectivity index (χ0v) is 15.8. The van der Waals surface area contributed by atoms with Crippen molar-refractivity contribution in [2.24, 2.45) is 0 Å². The summed E-state index contributed by atoms with van der Waals surface area (Å²) >= 11 is 0. The number of anilines is 1. The molecule has 0 aliphatic carbocycles. The summed E-state index contributed by atoms with van der Waals surface area (Å²) in [5.41, 5.74) is 1.58. The normalized spacial score (nSPS) is 11.5. The van der Waals surface area contributed by atoms with Gasteiger partial charge in [0, 0.05) is 18.0 Å². The minimum absolute atomic E-state index is 0.0934. The molecule has 142 valence electrons. The predicted molar refractivity (Wildman–Crippen MR) is 103 cm³/mol. The Kier molecular flexibility index (Phi) is 4.66. The zero-order valence-electron chi connectivity index (χ0n) is 15.0. The highest BCUT2D eigenvalue weighted by atomic mass is 32.2. The van der Waals surface area contributed by atoms with Gasteiger partial charge in [-0.1, -0.05) is 17.7 Å². The molecule has 0 saturated carbocycles. The van der Waals surface area contributed by atoms with E-state index in [4.69, 9.17) is 4.42 Å². The Morgan fingerprint density at radius 1 is 1.11 bits per heavy atom. The minimum atomic E-state index is -3.94. The smallest absolute Gasteiger partial charge is 0.286 e. The lowest BCUT2D eigenvalue weighted by molar-refractivity contribution is 0.517. The van der Waals surface area contributed by atoms with E-state index in [1.807, 2.05) is 6.92 Å². The Balaban J connectivity index is 1.77. The van der Waals surface area contributed by atoms with Gasteiger partial charge in [0.15, 0.2) is 5.82 Å². The second-order valence-electron chi connectivity index (χ2n) is 6.09. The van der Waals surface area contributed by atoms with Crippen LogP contribution in [-0.2, 0) is 16.6 Å². The van der Waals surface area contributed by atoms with Crippen LogP contribution in [0, 0.1) is 6.92 Å². The quantitative estimate of drug-likeness (QED) is 0.535. The largest absolute Gasteiger partial charge is 0.467 e. The van der Waals surface area contributed by atoms with E-state index < -0.39 is 10.0 Å². The van der Waals surface area contributed by atoms with Crippen LogP contribution >= 0.6 is 0 Å². The lowest BCUT2D eigenvalue weighted by atomic mass is 10.2. The van der Waals surface area contributed by atoms with Crippen LogP contribution in [0.1, 0.15) is 11.3 Å². The van der Waals surface area contributed by atoms with Crippen molar-refractivity contribution in [2.45, 2.75) is 18.4 Å². The van der Waals surface area contributed by atoms with Gasteiger partial charge in [-0.15, -0.1) is 9.19 Å². The van der Waals surface area contributed by atoms with Crippen LogP contribution in [0.25, 0.3) is 11.4 Å². The third kappa shape index (κ3) is 3.52. The Morgan fingerprint density at radius 3 is 2.61 bits per heavy atom. The van der Waals surface area contributed by atoms with E-state index >= 15 is 0 Å². The number of furan rings is 1. The average Bonchev–Trinajstić information content (AvgIpc) is 3.37. The van der Waals surface area contributed by atoms with Gasteiger partial charge in [0.25, 0.3) is 10.0 Å². The third-order valence-corrected chi connectivity index (χ3v) is 5.62. The predicted octanol–water partition coefficient (Wildman–Crippen LogP) is 3.09. The molecule has 28 heavy (non-hydrogen) atoms. The van der Waals surface area contributed by atoms with Crippen molar-refractivity contribution in [3.05, 3.63) is 78.5 Å². The minimum Gasteiger partial charge on any atom is -0.467 e.